The van der Waals surface area contributed by atoms with Crippen LogP contribution < -0.4 is 5.32 Å². The zero-order chi connectivity index (χ0) is 16.8. The van der Waals surface area contributed by atoms with Gasteiger partial charge in [0.2, 0.25) is 5.91 Å². The van der Waals surface area contributed by atoms with Gasteiger partial charge >= 0.3 is 0 Å². The third-order valence-electron chi connectivity index (χ3n) is 3.50. The molecule has 0 bridgehead atoms. The Morgan fingerprint density at radius 1 is 1.00 bits per heavy atom. The molecule has 5 heteroatoms. The van der Waals surface area contributed by atoms with Crippen molar-refractivity contribution >= 4 is 23.2 Å². The zero-order valence-corrected chi connectivity index (χ0v) is 13.7. The molecule has 3 rings (SSSR count). The molecule has 1 aromatic heterocycles. The number of aryl methyl sites for hydroxylation is 1. The van der Waals surface area contributed by atoms with E-state index in [-0.39, 0.29) is 5.91 Å². The first kappa shape index (κ1) is 16.1. The fourth-order valence-electron chi connectivity index (χ4n) is 2.30. The van der Waals surface area contributed by atoms with Gasteiger partial charge in [0.25, 0.3) is 0 Å². The average Bonchev–Trinajstić information content (AvgIpc) is 2.61. The summed E-state index contributed by atoms with van der Waals surface area (Å²) in [4.78, 5) is 20.6. The van der Waals surface area contributed by atoms with Crippen LogP contribution in [-0.4, -0.2) is 15.9 Å². The van der Waals surface area contributed by atoms with E-state index in [1.165, 1.54) is 0 Å². The van der Waals surface area contributed by atoms with Crippen LogP contribution >= 0.6 is 11.6 Å². The first-order valence-corrected chi connectivity index (χ1v) is 8.00. The number of rotatable bonds is 5. The van der Waals surface area contributed by atoms with Gasteiger partial charge in [0, 0.05) is 17.0 Å². The highest BCUT2D eigenvalue weighted by Gasteiger charge is 2.05. The molecule has 0 saturated heterocycles. The largest absolute Gasteiger partial charge is 0.323 e. The van der Waals surface area contributed by atoms with Crippen molar-refractivity contribution in [1.82, 2.24) is 9.97 Å². The van der Waals surface area contributed by atoms with E-state index >= 15 is 0 Å². The third kappa shape index (κ3) is 4.40. The Bertz CT molecular complexity index is 820. The molecular weight excluding hydrogens is 322 g/mol. The average molecular weight is 338 g/mol. The lowest BCUT2D eigenvalue weighted by Gasteiger charge is -2.06. The maximum atomic E-state index is 12.0. The number of halogens is 1. The van der Waals surface area contributed by atoms with Crippen LogP contribution in [0, 0.1) is 0 Å². The molecule has 0 atom stereocenters. The molecule has 3 aromatic rings. The van der Waals surface area contributed by atoms with Gasteiger partial charge in [-0.05, 0) is 24.1 Å². The van der Waals surface area contributed by atoms with Crippen LogP contribution in [-0.2, 0) is 11.2 Å². The Morgan fingerprint density at radius 2 is 1.75 bits per heavy atom. The summed E-state index contributed by atoms with van der Waals surface area (Å²) in [5.41, 5.74) is 2.57. The predicted octanol–water partition coefficient (Wildman–Crippen LogP) is 4.37. The van der Waals surface area contributed by atoms with Gasteiger partial charge in [0.15, 0.2) is 5.82 Å². The molecule has 1 amide bonds. The Labute approximate surface area is 145 Å². The minimum Gasteiger partial charge on any atom is -0.323 e. The van der Waals surface area contributed by atoms with Gasteiger partial charge in [-0.25, -0.2) is 9.97 Å². The van der Waals surface area contributed by atoms with Crippen molar-refractivity contribution in [3.05, 3.63) is 77.6 Å². The van der Waals surface area contributed by atoms with Crippen LogP contribution in [0.15, 0.2) is 67.0 Å². The lowest BCUT2D eigenvalue weighted by Crippen LogP contribution is -2.12. The van der Waals surface area contributed by atoms with Crippen LogP contribution in [0.4, 0.5) is 5.69 Å². The molecule has 120 valence electrons. The Balaban J connectivity index is 1.57. The molecule has 0 aliphatic heterocycles. The second kappa shape index (κ2) is 7.70. The van der Waals surface area contributed by atoms with Gasteiger partial charge in [-0.1, -0.05) is 54.1 Å². The topological polar surface area (TPSA) is 54.9 Å². The van der Waals surface area contributed by atoms with Crippen molar-refractivity contribution in [2.45, 2.75) is 12.8 Å². The normalized spacial score (nSPS) is 10.4. The van der Waals surface area contributed by atoms with Crippen molar-refractivity contribution in [3.8, 4) is 11.4 Å². The van der Waals surface area contributed by atoms with E-state index in [1.807, 2.05) is 54.6 Å². The van der Waals surface area contributed by atoms with Gasteiger partial charge in [-0.15, -0.1) is 0 Å². The SMILES string of the molecule is O=C(CCc1cccc(Cl)c1)Nc1cnc(-c2ccccc2)nc1. The quantitative estimate of drug-likeness (QED) is 0.752. The Kier molecular flexibility index (Phi) is 5.18. The van der Waals surface area contributed by atoms with Gasteiger partial charge in [0.1, 0.15) is 0 Å². The zero-order valence-electron chi connectivity index (χ0n) is 12.9. The van der Waals surface area contributed by atoms with E-state index < -0.39 is 0 Å². The van der Waals surface area contributed by atoms with Crippen molar-refractivity contribution in [2.24, 2.45) is 0 Å². The first-order chi connectivity index (χ1) is 11.7. The van der Waals surface area contributed by atoms with E-state index in [2.05, 4.69) is 15.3 Å². The van der Waals surface area contributed by atoms with Crippen LogP contribution in [0.1, 0.15) is 12.0 Å². The summed E-state index contributed by atoms with van der Waals surface area (Å²) in [6.45, 7) is 0. The molecule has 0 spiro atoms. The number of carbonyl (C=O) groups is 1. The van der Waals surface area contributed by atoms with Gasteiger partial charge in [0.05, 0.1) is 18.1 Å². The number of anilines is 1. The van der Waals surface area contributed by atoms with Gasteiger partial charge in [-0.3, -0.25) is 4.79 Å². The monoisotopic (exact) mass is 337 g/mol. The fraction of sp³-hybridized carbons (Fsp3) is 0.105. The molecule has 0 unspecified atom stereocenters. The highest BCUT2D eigenvalue weighted by molar-refractivity contribution is 6.30. The number of nitrogens with one attached hydrogen (secondary N) is 1. The number of carbonyl (C=O) groups excluding carboxylic acids is 1. The molecule has 0 aliphatic rings. The number of nitrogens with zero attached hydrogens (tertiary/aromatic N) is 2. The Hall–Kier alpha value is -2.72. The van der Waals surface area contributed by atoms with Crippen molar-refractivity contribution in [1.29, 1.82) is 0 Å². The van der Waals surface area contributed by atoms with Crippen LogP contribution in [0.5, 0.6) is 0 Å². The molecular formula is C19H16ClN3O. The maximum Gasteiger partial charge on any atom is 0.224 e. The lowest BCUT2D eigenvalue weighted by atomic mass is 10.1. The van der Waals surface area contributed by atoms with E-state index in [9.17, 15) is 4.79 Å². The number of amides is 1. The summed E-state index contributed by atoms with van der Waals surface area (Å²) in [7, 11) is 0. The predicted molar refractivity (Wildman–Crippen MR) is 95.9 cm³/mol. The summed E-state index contributed by atoms with van der Waals surface area (Å²) in [6, 6.07) is 17.2. The number of aromatic nitrogens is 2. The second-order valence-corrected chi connectivity index (χ2v) is 5.78. The first-order valence-electron chi connectivity index (χ1n) is 7.62. The highest BCUT2D eigenvalue weighted by atomic mass is 35.5. The summed E-state index contributed by atoms with van der Waals surface area (Å²) in [6.07, 6.45) is 4.25. The van der Waals surface area contributed by atoms with Crippen molar-refractivity contribution < 1.29 is 4.79 Å². The molecule has 4 nitrogen and oxygen atoms in total. The van der Waals surface area contributed by atoms with Crippen LogP contribution in [0.3, 0.4) is 0 Å². The lowest BCUT2D eigenvalue weighted by molar-refractivity contribution is -0.116. The molecule has 0 saturated carbocycles. The van der Waals surface area contributed by atoms with E-state index in [1.54, 1.807) is 12.4 Å². The molecule has 24 heavy (non-hydrogen) atoms. The summed E-state index contributed by atoms with van der Waals surface area (Å²) in [5, 5.41) is 3.49. The fourth-order valence-corrected chi connectivity index (χ4v) is 2.52. The number of hydrogen-bond acceptors (Lipinski definition) is 3. The molecule has 0 fully saturated rings. The molecule has 0 radical (unpaired) electrons. The smallest absolute Gasteiger partial charge is 0.224 e. The molecule has 1 N–H and O–H groups in total. The Morgan fingerprint density at radius 3 is 2.46 bits per heavy atom. The highest BCUT2D eigenvalue weighted by Crippen LogP contribution is 2.15. The van der Waals surface area contributed by atoms with Gasteiger partial charge < -0.3 is 5.32 Å². The number of benzene rings is 2. The van der Waals surface area contributed by atoms with E-state index in [0.717, 1.165) is 11.1 Å². The molecule has 2 aromatic carbocycles. The van der Waals surface area contributed by atoms with Crippen LogP contribution in [0.25, 0.3) is 11.4 Å². The van der Waals surface area contributed by atoms with Crippen LogP contribution in [0.2, 0.25) is 5.02 Å². The minimum absolute atomic E-state index is 0.0777. The van der Waals surface area contributed by atoms with E-state index in [0.29, 0.717) is 29.4 Å². The summed E-state index contributed by atoms with van der Waals surface area (Å²) in [5.74, 6) is 0.554. The number of hydrogen-bond donors (Lipinski definition) is 1. The third-order valence-corrected chi connectivity index (χ3v) is 3.73. The molecule has 1 heterocycles. The van der Waals surface area contributed by atoms with Crippen molar-refractivity contribution in [3.63, 3.8) is 0 Å². The maximum absolute atomic E-state index is 12.0. The minimum atomic E-state index is -0.0777. The van der Waals surface area contributed by atoms with E-state index in [4.69, 9.17) is 11.6 Å². The standard InChI is InChI=1S/C19H16ClN3O/c20-16-8-4-5-14(11-16)9-10-18(24)23-17-12-21-19(22-13-17)15-6-2-1-3-7-15/h1-8,11-13H,9-10H2,(H,23,24). The summed E-state index contributed by atoms with van der Waals surface area (Å²) >= 11 is 5.94. The second-order valence-electron chi connectivity index (χ2n) is 5.34. The molecule has 0 aliphatic carbocycles. The van der Waals surface area contributed by atoms with Crippen molar-refractivity contribution in [2.75, 3.05) is 5.32 Å². The summed E-state index contributed by atoms with van der Waals surface area (Å²) < 4.78 is 0. The van der Waals surface area contributed by atoms with Gasteiger partial charge in [-0.2, -0.15) is 0 Å².